The van der Waals surface area contributed by atoms with Crippen molar-refractivity contribution in [3.63, 3.8) is 0 Å². The summed E-state index contributed by atoms with van der Waals surface area (Å²) in [6.07, 6.45) is 1.19. The smallest absolute Gasteiger partial charge is 0.286 e. The Morgan fingerprint density at radius 2 is 2.07 bits per heavy atom. The van der Waals surface area contributed by atoms with Gasteiger partial charge in [0.15, 0.2) is 5.76 Å². The van der Waals surface area contributed by atoms with Crippen molar-refractivity contribution in [3.8, 4) is 0 Å². The predicted molar refractivity (Wildman–Crippen MR) is 106 cm³/mol. The van der Waals surface area contributed by atoms with Gasteiger partial charge in [-0.3, -0.25) is 4.79 Å². The van der Waals surface area contributed by atoms with Crippen LogP contribution >= 0.6 is 11.3 Å². The van der Waals surface area contributed by atoms with Crippen LogP contribution in [0.3, 0.4) is 0 Å². The number of rotatable bonds is 5. The molecule has 1 atom stereocenters. The lowest BCUT2D eigenvalue weighted by Crippen LogP contribution is -2.31. The molecule has 158 valence electrons. The van der Waals surface area contributed by atoms with E-state index < -0.39 is 27.8 Å². The fourth-order valence-electron chi connectivity index (χ4n) is 3.43. The van der Waals surface area contributed by atoms with Gasteiger partial charge in [0.1, 0.15) is 21.4 Å². The summed E-state index contributed by atoms with van der Waals surface area (Å²) >= 11 is 0.987. The summed E-state index contributed by atoms with van der Waals surface area (Å²) in [7, 11) is -3.85. The summed E-state index contributed by atoms with van der Waals surface area (Å²) in [4.78, 5) is 12.5. The molecule has 3 aromatic rings. The van der Waals surface area contributed by atoms with E-state index in [9.17, 15) is 17.6 Å². The lowest BCUT2D eigenvalue weighted by Gasteiger charge is -2.21. The van der Waals surface area contributed by atoms with Crippen LogP contribution < -0.4 is 5.32 Å². The van der Waals surface area contributed by atoms with E-state index in [1.165, 1.54) is 22.5 Å². The van der Waals surface area contributed by atoms with Crippen molar-refractivity contribution >= 4 is 33.0 Å². The summed E-state index contributed by atoms with van der Waals surface area (Å²) in [5, 5.41) is 14.5. The van der Waals surface area contributed by atoms with Gasteiger partial charge in [0, 0.05) is 6.54 Å². The SMILES string of the molecule is Cc1noc(C)c1S(=O)(=O)N1CCC[C@@H]1c1nnc(C(=O)Nc2ccccc2F)s1. The predicted octanol–water partition coefficient (Wildman–Crippen LogP) is 3.06. The first-order chi connectivity index (χ1) is 14.3. The van der Waals surface area contributed by atoms with E-state index in [0.29, 0.717) is 30.1 Å². The molecule has 1 aliphatic rings. The van der Waals surface area contributed by atoms with E-state index in [2.05, 4.69) is 20.7 Å². The molecule has 0 bridgehead atoms. The molecule has 0 spiro atoms. The molecule has 1 saturated heterocycles. The molecule has 0 saturated carbocycles. The van der Waals surface area contributed by atoms with E-state index >= 15 is 0 Å². The molecule has 0 unspecified atom stereocenters. The zero-order valence-corrected chi connectivity index (χ0v) is 17.8. The highest BCUT2D eigenvalue weighted by molar-refractivity contribution is 7.89. The van der Waals surface area contributed by atoms with E-state index in [4.69, 9.17) is 4.52 Å². The summed E-state index contributed by atoms with van der Waals surface area (Å²) < 4.78 is 46.5. The van der Waals surface area contributed by atoms with Gasteiger partial charge < -0.3 is 9.84 Å². The Bertz CT molecular complexity index is 1190. The number of para-hydroxylation sites is 1. The molecule has 4 rings (SSSR count). The molecule has 2 aromatic heterocycles. The van der Waals surface area contributed by atoms with Crippen molar-refractivity contribution in [2.45, 2.75) is 37.6 Å². The molecule has 9 nitrogen and oxygen atoms in total. The quantitative estimate of drug-likeness (QED) is 0.633. The van der Waals surface area contributed by atoms with Gasteiger partial charge in [0.2, 0.25) is 15.0 Å². The van der Waals surface area contributed by atoms with Crippen LogP contribution in [-0.2, 0) is 10.0 Å². The lowest BCUT2D eigenvalue weighted by molar-refractivity contribution is 0.102. The van der Waals surface area contributed by atoms with Crippen molar-refractivity contribution in [3.05, 3.63) is 51.6 Å². The number of hydrogen-bond donors (Lipinski definition) is 1. The van der Waals surface area contributed by atoms with Crippen LogP contribution in [0, 0.1) is 19.7 Å². The number of anilines is 1. The number of nitrogens with one attached hydrogen (secondary N) is 1. The third kappa shape index (κ3) is 3.61. The fraction of sp³-hybridized carbons (Fsp3) is 0.333. The number of hydrogen-bond acceptors (Lipinski definition) is 8. The van der Waals surface area contributed by atoms with Crippen molar-refractivity contribution < 1.29 is 22.1 Å². The first-order valence-corrected chi connectivity index (χ1v) is 11.4. The summed E-state index contributed by atoms with van der Waals surface area (Å²) in [5.41, 5.74) is 0.322. The molecular weight excluding hydrogens is 433 g/mol. The Morgan fingerprint density at radius 1 is 1.30 bits per heavy atom. The third-order valence-corrected chi connectivity index (χ3v) is 7.96. The summed E-state index contributed by atoms with van der Waals surface area (Å²) in [5.74, 6) is -0.953. The molecule has 1 fully saturated rings. The Morgan fingerprint density at radius 3 is 2.77 bits per heavy atom. The number of carbonyl (C=O) groups excluding carboxylic acids is 1. The lowest BCUT2D eigenvalue weighted by atomic mass is 10.2. The van der Waals surface area contributed by atoms with Crippen LogP contribution in [0.15, 0.2) is 33.7 Å². The molecule has 3 heterocycles. The number of halogens is 1. The third-order valence-electron chi connectivity index (χ3n) is 4.78. The average Bonchev–Trinajstić information content (AvgIpc) is 3.43. The zero-order valence-electron chi connectivity index (χ0n) is 16.1. The Hall–Kier alpha value is -2.70. The molecule has 0 radical (unpaired) electrons. The number of carbonyl (C=O) groups is 1. The van der Waals surface area contributed by atoms with Crippen LogP contribution in [0.2, 0.25) is 0 Å². The molecule has 1 N–H and O–H groups in total. The molecule has 1 amide bonds. The highest BCUT2D eigenvalue weighted by Gasteiger charge is 2.41. The molecule has 1 aromatic carbocycles. The Labute approximate surface area is 176 Å². The number of sulfonamides is 1. The van der Waals surface area contributed by atoms with Gasteiger partial charge in [-0.25, -0.2) is 12.8 Å². The van der Waals surface area contributed by atoms with Crippen LogP contribution in [-0.4, -0.2) is 40.5 Å². The fourth-order valence-corrected chi connectivity index (χ4v) is 6.34. The van der Waals surface area contributed by atoms with Crippen molar-refractivity contribution in [2.75, 3.05) is 11.9 Å². The topological polar surface area (TPSA) is 118 Å². The summed E-state index contributed by atoms with van der Waals surface area (Å²) in [6.45, 7) is 3.44. The van der Waals surface area contributed by atoms with Gasteiger partial charge in [-0.05, 0) is 38.8 Å². The van der Waals surface area contributed by atoms with Gasteiger partial charge in [-0.2, -0.15) is 4.31 Å². The van der Waals surface area contributed by atoms with Crippen molar-refractivity contribution in [2.24, 2.45) is 0 Å². The maximum Gasteiger partial charge on any atom is 0.286 e. The average molecular weight is 452 g/mol. The molecule has 1 aliphatic heterocycles. The van der Waals surface area contributed by atoms with Crippen molar-refractivity contribution in [1.82, 2.24) is 19.7 Å². The number of benzene rings is 1. The monoisotopic (exact) mass is 451 g/mol. The van der Waals surface area contributed by atoms with Gasteiger partial charge in [-0.1, -0.05) is 28.6 Å². The van der Waals surface area contributed by atoms with E-state index in [1.807, 2.05) is 0 Å². The maximum absolute atomic E-state index is 13.8. The van der Waals surface area contributed by atoms with Gasteiger partial charge in [0.25, 0.3) is 5.91 Å². The van der Waals surface area contributed by atoms with Gasteiger partial charge in [0.05, 0.1) is 11.7 Å². The second-order valence-corrected chi connectivity index (χ2v) is 9.64. The molecule has 12 heteroatoms. The number of aryl methyl sites for hydroxylation is 2. The van der Waals surface area contributed by atoms with Gasteiger partial charge >= 0.3 is 0 Å². The number of aromatic nitrogens is 3. The van der Waals surface area contributed by atoms with Crippen LogP contribution in [0.4, 0.5) is 10.1 Å². The second-order valence-electron chi connectivity index (χ2n) is 6.81. The Kier molecular flexibility index (Phi) is 5.38. The molecule has 30 heavy (non-hydrogen) atoms. The highest BCUT2D eigenvalue weighted by atomic mass is 32.2. The van der Waals surface area contributed by atoms with Gasteiger partial charge in [-0.15, -0.1) is 10.2 Å². The Balaban J connectivity index is 1.58. The van der Waals surface area contributed by atoms with E-state index in [-0.39, 0.29) is 21.4 Å². The standard InChI is InChI=1S/C18H18FN5O4S2/c1-10-15(11(2)28-23-10)30(26,27)24-9-5-8-14(24)17-21-22-18(29-17)16(25)20-13-7-4-3-6-12(13)19/h3-4,6-7,14H,5,8-9H2,1-2H3,(H,20,25)/t14-/m1/s1. The zero-order chi connectivity index (χ0) is 21.5. The first-order valence-electron chi connectivity index (χ1n) is 9.13. The maximum atomic E-state index is 13.8. The molecular formula is C18H18FN5O4S2. The normalized spacial score (nSPS) is 17.4. The minimum absolute atomic E-state index is 0.0230. The highest BCUT2D eigenvalue weighted by Crippen LogP contribution is 2.39. The first kappa shape index (κ1) is 20.6. The van der Waals surface area contributed by atoms with Crippen LogP contribution in [0.25, 0.3) is 0 Å². The summed E-state index contributed by atoms with van der Waals surface area (Å²) in [6, 6.07) is 5.24. The van der Waals surface area contributed by atoms with Crippen LogP contribution in [0.5, 0.6) is 0 Å². The van der Waals surface area contributed by atoms with Crippen molar-refractivity contribution in [1.29, 1.82) is 0 Å². The largest absolute Gasteiger partial charge is 0.360 e. The second kappa shape index (κ2) is 7.85. The number of amides is 1. The van der Waals surface area contributed by atoms with Crippen LogP contribution in [0.1, 0.15) is 45.1 Å². The minimum Gasteiger partial charge on any atom is -0.360 e. The van der Waals surface area contributed by atoms with E-state index in [1.54, 1.807) is 19.9 Å². The number of nitrogens with zero attached hydrogens (tertiary/aromatic N) is 4. The van der Waals surface area contributed by atoms with E-state index in [0.717, 1.165) is 11.3 Å². The molecule has 0 aliphatic carbocycles. The minimum atomic E-state index is -3.85.